The van der Waals surface area contributed by atoms with Gasteiger partial charge in [-0.15, -0.1) is 0 Å². The van der Waals surface area contributed by atoms with Crippen molar-refractivity contribution in [3.8, 4) is 0 Å². The van der Waals surface area contributed by atoms with Crippen LogP contribution in [0.4, 0.5) is 5.69 Å². The van der Waals surface area contributed by atoms with Crippen LogP contribution in [0.15, 0.2) is 12.3 Å². The van der Waals surface area contributed by atoms with E-state index in [0.29, 0.717) is 17.2 Å². The number of nitrogens with zero attached hydrogens (tertiary/aromatic N) is 1. The average molecular weight is 248 g/mol. The third-order valence-corrected chi connectivity index (χ3v) is 3.66. The number of amides is 1. The van der Waals surface area contributed by atoms with E-state index in [2.05, 4.69) is 22.7 Å². The van der Waals surface area contributed by atoms with E-state index < -0.39 is 0 Å². The lowest BCUT2D eigenvalue weighted by Crippen LogP contribution is -2.41. The van der Waals surface area contributed by atoms with Gasteiger partial charge in [0, 0.05) is 17.9 Å². The number of nitrogens with two attached hydrogens (primary N) is 1. The van der Waals surface area contributed by atoms with Crippen molar-refractivity contribution in [2.24, 2.45) is 11.8 Å². The summed E-state index contributed by atoms with van der Waals surface area (Å²) in [6.45, 7) is 3.92. The molecule has 1 aliphatic rings. The summed E-state index contributed by atoms with van der Waals surface area (Å²) >= 11 is 0. The van der Waals surface area contributed by atoms with Crippen LogP contribution in [0.3, 0.4) is 0 Å². The molecule has 5 heteroatoms. The molecule has 1 saturated carbocycles. The van der Waals surface area contributed by atoms with E-state index in [1.54, 1.807) is 12.3 Å². The van der Waals surface area contributed by atoms with Gasteiger partial charge < -0.3 is 10.7 Å². The second-order valence-corrected chi connectivity index (χ2v) is 4.97. The van der Waals surface area contributed by atoms with Crippen LogP contribution in [0.5, 0.6) is 0 Å². The van der Waals surface area contributed by atoms with Gasteiger partial charge in [-0.2, -0.15) is 0 Å². The fourth-order valence-corrected chi connectivity index (χ4v) is 2.20. The Kier molecular flexibility index (Phi) is 3.81. The number of pyridine rings is 1. The second kappa shape index (κ2) is 5.35. The van der Waals surface area contributed by atoms with Gasteiger partial charge in [0.1, 0.15) is 0 Å². The number of hydrogen-bond donors (Lipinski definition) is 3. The lowest BCUT2D eigenvalue weighted by atomic mass is 9.80. The third kappa shape index (κ3) is 2.61. The van der Waals surface area contributed by atoms with Crippen LogP contribution in [0.1, 0.15) is 42.2 Å². The first-order valence-electron chi connectivity index (χ1n) is 6.36. The molecule has 18 heavy (non-hydrogen) atoms. The Morgan fingerprint density at radius 3 is 2.83 bits per heavy atom. The molecule has 5 nitrogen and oxygen atoms in total. The van der Waals surface area contributed by atoms with Crippen LogP contribution in [0.2, 0.25) is 0 Å². The van der Waals surface area contributed by atoms with E-state index in [4.69, 9.17) is 5.84 Å². The number of rotatable bonds is 4. The van der Waals surface area contributed by atoms with Crippen LogP contribution in [0, 0.1) is 12.8 Å². The first-order valence-corrected chi connectivity index (χ1v) is 6.36. The van der Waals surface area contributed by atoms with Crippen molar-refractivity contribution in [3.63, 3.8) is 0 Å². The monoisotopic (exact) mass is 248 g/mol. The third-order valence-electron chi connectivity index (χ3n) is 3.66. The van der Waals surface area contributed by atoms with Crippen molar-refractivity contribution in [1.82, 2.24) is 10.3 Å². The van der Waals surface area contributed by atoms with E-state index in [9.17, 15) is 4.79 Å². The Balaban J connectivity index is 2.08. The summed E-state index contributed by atoms with van der Waals surface area (Å²) in [6.07, 6.45) is 5.24. The lowest BCUT2D eigenvalue weighted by Gasteiger charge is -2.32. The highest BCUT2D eigenvalue weighted by atomic mass is 16.1. The lowest BCUT2D eigenvalue weighted by molar-refractivity contribution is 0.0909. The van der Waals surface area contributed by atoms with Gasteiger partial charge in [0.25, 0.3) is 5.91 Å². The number of aryl methyl sites for hydroxylation is 1. The van der Waals surface area contributed by atoms with Crippen molar-refractivity contribution < 1.29 is 4.79 Å². The summed E-state index contributed by atoms with van der Waals surface area (Å²) in [5.74, 6) is 5.92. The van der Waals surface area contributed by atoms with Gasteiger partial charge in [-0.25, -0.2) is 0 Å². The zero-order valence-electron chi connectivity index (χ0n) is 10.9. The SMILES string of the molecule is Cc1cc(NN)c(C(=O)NC(C)C2CCC2)cn1. The van der Waals surface area contributed by atoms with Gasteiger partial charge in [-0.05, 0) is 38.7 Å². The molecule has 1 aliphatic carbocycles. The maximum absolute atomic E-state index is 12.1. The molecule has 1 unspecified atom stereocenters. The first kappa shape index (κ1) is 12.8. The molecule has 4 N–H and O–H groups in total. The highest BCUT2D eigenvalue weighted by Crippen LogP contribution is 2.29. The zero-order chi connectivity index (χ0) is 13.1. The molecule has 0 aromatic carbocycles. The van der Waals surface area contributed by atoms with E-state index in [1.165, 1.54) is 19.3 Å². The zero-order valence-corrected chi connectivity index (χ0v) is 10.9. The van der Waals surface area contributed by atoms with Gasteiger partial charge in [0.15, 0.2) is 0 Å². The van der Waals surface area contributed by atoms with Gasteiger partial charge >= 0.3 is 0 Å². The van der Waals surface area contributed by atoms with Crippen LogP contribution >= 0.6 is 0 Å². The molecule has 98 valence electrons. The van der Waals surface area contributed by atoms with Gasteiger partial charge in [-0.3, -0.25) is 15.6 Å². The number of nitrogens with one attached hydrogen (secondary N) is 2. The van der Waals surface area contributed by atoms with Crippen LogP contribution in [-0.2, 0) is 0 Å². The number of aromatic nitrogens is 1. The highest BCUT2D eigenvalue weighted by molar-refractivity contribution is 5.99. The fourth-order valence-electron chi connectivity index (χ4n) is 2.20. The molecule has 1 fully saturated rings. The Labute approximate surface area is 107 Å². The summed E-state index contributed by atoms with van der Waals surface area (Å²) in [7, 11) is 0. The molecule has 2 rings (SSSR count). The Bertz CT molecular complexity index is 443. The number of anilines is 1. The van der Waals surface area contributed by atoms with E-state index in [-0.39, 0.29) is 11.9 Å². The van der Waals surface area contributed by atoms with E-state index in [0.717, 1.165) is 5.69 Å². The van der Waals surface area contributed by atoms with Crippen molar-refractivity contribution in [2.75, 3.05) is 5.43 Å². The number of carbonyl (C=O) groups is 1. The van der Waals surface area contributed by atoms with Crippen molar-refractivity contribution >= 4 is 11.6 Å². The standard InChI is InChI=1S/C13H20N4O/c1-8-6-12(17-14)11(7-15-8)13(18)16-9(2)10-4-3-5-10/h6-7,9-10H,3-5,14H2,1-2H3,(H,15,17)(H,16,18). The molecule has 0 spiro atoms. The minimum Gasteiger partial charge on any atom is -0.349 e. The molecule has 1 heterocycles. The van der Waals surface area contributed by atoms with Crippen LogP contribution < -0.4 is 16.6 Å². The molecule has 1 aromatic heterocycles. The smallest absolute Gasteiger partial charge is 0.255 e. The maximum Gasteiger partial charge on any atom is 0.255 e. The fraction of sp³-hybridized carbons (Fsp3) is 0.538. The Morgan fingerprint density at radius 1 is 1.56 bits per heavy atom. The Hall–Kier alpha value is -1.62. The Morgan fingerprint density at radius 2 is 2.28 bits per heavy atom. The van der Waals surface area contributed by atoms with Crippen LogP contribution in [-0.4, -0.2) is 16.9 Å². The first-order chi connectivity index (χ1) is 8.61. The highest BCUT2D eigenvalue weighted by Gasteiger charge is 2.25. The van der Waals surface area contributed by atoms with Gasteiger partial charge in [0.2, 0.25) is 0 Å². The molecule has 0 radical (unpaired) electrons. The van der Waals surface area contributed by atoms with E-state index in [1.807, 2.05) is 6.92 Å². The molecular weight excluding hydrogens is 228 g/mol. The minimum absolute atomic E-state index is 0.116. The number of carbonyl (C=O) groups excluding carboxylic acids is 1. The molecular formula is C13H20N4O. The molecule has 1 amide bonds. The summed E-state index contributed by atoms with van der Waals surface area (Å²) in [5.41, 5.74) is 4.48. The van der Waals surface area contributed by atoms with Crippen LogP contribution in [0.25, 0.3) is 0 Å². The summed E-state index contributed by atoms with van der Waals surface area (Å²) < 4.78 is 0. The summed E-state index contributed by atoms with van der Waals surface area (Å²) in [5, 5.41) is 3.02. The quantitative estimate of drug-likeness (QED) is 0.558. The summed E-state index contributed by atoms with van der Waals surface area (Å²) in [6, 6.07) is 1.97. The van der Waals surface area contributed by atoms with E-state index >= 15 is 0 Å². The van der Waals surface area contributed by atoms with Crippen molar-refractivity contribution in [1.29, 1.82) is 0 Å². The van der Waals surface area contributed by atoms with Gasteiger partial charge in [0.05, 0.1) is 11.3 Å². The predicted octanol–water partition coefficient (Wildman–Crippen LogP) is 1.59. The second-order valence-electron chi connectivity index (χ2n) is 4.97. The normalized spacial score (nSPS) is 16.8. The minimum atomic E-state index is -0.116. The summed E-state index contributed by atoms with van der Waals surface area (Å²) in [4.78, 5) is 16.3. The molecule has 1 aromatic rings. The number of hydrazine groups is 1. The average Bonchev–Trinajstić information content (AvgIpc) is 2.25. The molecule has 0 bridgehead atoms. The molecule has 0 aliphatic heterocycles. The number of hydrogen-bond acceptors (Lipinski definition) is 4. The number of nitrogen functional groups attached to an aromatic ring is 1. The maximum atomic E-state index is 12.1. The molecule has 1 atom stereocenters. The van der Waals surface area contributed by atoms with Crippen molar-refractivity contribution in [2.45, 2.75) is 39.2 Å². The van der Waals surface area contributed by atoms with Crippen molar-refractivity contribution in [3.05, 3.63) is 23.5 Å². The van der Waals surface area contributed by atoms with Gasteiger partial charge in [-0.1, -0.05) is 6.42 Å². The topological polar surface area (TPSA) is 80.0 Å². The largest absolute Gasteiger partial charge is 0.349 e. The molecule has 0 saturated heterocycles. The predicted molar refractivity (Wildman–Crippen MR) is 71.1 cm³/mol.